The van der Waals surface area contributed by atoms with Crippen molar-refractivity contribution in [1.82, 2.24) is 0 Å². The first-order chi connectivity index (χ1) is 16.5. The second-order valence-corrected chi connectivity index (χ2v) is 12.4. The summed E-state index contributed by atoms with van der Waals surface area (Å²) in [5.41, 5.74) is 1.50. The fourth-order valence-electron chi connectivity index (χ4n) is 3.53. The Morgan fingerprint density at radius 1 is 1.03 bits per heavy atom. The third-order valence-corrected chi connectivity index (χ3v) is 6.75. The number of hydrogen-bond acceptors (Lipinski definition) is 5. The first-order valence-electron chi connectivity index (χ1n) is 11.6. The topological polar surface area (TPSA) is 61.8 Å². The third kappa shape index (κ3) is 10.1. The minimum atomic E-state index is -4.98. The van der Waals surface area contributed by atoms with Crippen molar-refractivity contribution in [2.75, 3.05) is 27.0 Å². The van der Waals surface area contributed by atoms with Crippen molar-refractivity contribution < 1.29 is 39.6 Å². The predicted octanol–water partition coefficient (Wildman–Crippen LogP) is 7.31. The van der Waals surface area contributed by atoms with E-state index in [1.165, 1.54) is 5.56 Å². The fourth-order valence-corrected chi connectivity index (χ4v) is 4.40. The Morgan fingerprint density at radius 2 is 1.61 bits per heavy atom. The van der Waals surface area contributed by atoms with E-state index < -0.39 is 39.5 Å². The number of allylic oxidation sites excluding steroid dienone is 3. The summed E-state index contributed by atoms with van der Waals surface area (Å²) >= 11 is 0. The highest BCUT2D eigenvalue weighted by atomic mass is 32.2. The molecule has 2 atom stereocenters. The van der Waals surface area contributed by atoms with Crippen LogP contribution in [0.15, 0.2) is 47.1 Å². The van der Waals surface area contributed by atoms with Crippen molar-refractivity contribution in [1.29, 1.82) is 0 Å². The van der Waals surface area contributed by atoms with Crippen molar-refractivity contribution in [2.45, 2.75) is 66.5 Å². The second kappa shape index (κ2) is 13.5. The molecule has 0 aliphatic carbocycles. The summed E-state index contributed by atoms with van der Waals surface area (Å²) in [6, 6.07) is 7.85. The lowest BCUT2D eigenvalue weighted by Crippen LogP contribution is -2.23. The van der Waals surface area contributed by atoms with Gasteiger partial charge < -0.3 is 9.47 Å². The van der Waals surface area contributed by atoms with Crippen LogP contribution in [0.3, 0.4) is 0 Å². The van der Waals surface area contributed by atoms with Crippen LogP contribution in [0.2, 0.25) is 0 Å². The van der Waals surface area contributed by atoms with Crippen LogP contribution in [-0.2, 0) is 19.0 Å². The molecule has 0 spiro atoms. The van der Waals surface area contributed by atoms with Gasteiger partial charge in [-0.05, 0) is 40.9 Å². The maximum atomic E-state index is 14.1. The molecule has 10 heteroatoms. The smallest absolute Gasteiger partial charge is 0.298 e. The Bertz CT molecular complexity index is 991. The highest BCUT2D eigenvalue weighted by molar-refractivity contribution is 7.90. The molecule has 0 bridgehead atoms. The molecule has 0 aliphatic rings. The monoisotopic (exact) mass is 538 g/mol. The molecule has 0 radical (unpaired) electrons. The Morgan fingerprint density at radius 3 is 2.08 bits per heavy atom. The molecule has 2 unspecified atom stereocenters. The van der Waals surface area contributed by atoms with Gasteiger partial charge in [0, 0.05) is 6.42 Å². The normalized spacial score (nSPS) is 15.8. The molecule has 1 aromatic carbocycles. The van der Waals surface area contributed by atoms with Gasteiger partial charge >= 0.3 is 0 Å². The van der Waals surface area contributed by atoms with Gasteiger partial charge in [0.25, 0.3) is 10.1 Å². The highest BCUT2D eigenvalue weighted by Gasteiger charge is 2.33. The minimum Gasteiger partial charge on any atom is -0.498 e. The van der Waals surface area contributed by atoms with E-state index >= 15 is 0 Å². The number of hydrogen-bond donors (Lipinski definition) is 0. The van der Waals surface area contributed by atoms with Crippen LogP contribution >= 0.6 is 0 Å². The first-order valence-corrected chi connectivity index (χ1v) is 13.0. The maximum absolute atomic E-state index is 14.1. The lowest BCUT2D eigenvalue weighted by atomic mass is 9.69. The van der Waals surface area contributed by atoms with E-state index in [1.807, 2.05) is 24.3 Å². The average molecular weight is 539 g/mol. The van der Waals surface area contributed by atoms with Crippen molar-refractivity contribution in [3.8, 4) is 5.75 Å². The van der Waals surface area contributed by atoms with Crippen LogP contribution in [0, 0.1) is 10.8 Å². The molecule has 0 saturated carbocycles. The van der Waals surface area contributed by atoms with Gasteiger partial charge in [-0.25, -0.2) is 17.6 Å². The molecule has 36 heavy (non-hydrogen) atoms. The minimum absolute atomic E-state index is 0.0923. The number of alkyl halides is 2. The molecule has 5 nitrogen and oxygen atoms in total. The Kier molecular flexibility index (Phi) is 12.0. The Balaban J connectivity index is 2.69. The summed E-state index contributed by atoms with van der Waals surface area (Å²) in [5, 5.41) is 0. The molecule has 0 aromatic heterocycles. The summed E-state index contributed by atoms with van der Waals surface area (Å²) in [5.74, 6) is -2.90. The van der Waals surface area contributed by atoms with E-state index in [1.54, 1.807) is 0 Å². The summed E-state index contributed by atoms with van der Waals surface area (Å²) < 4.78 is 91.8. The molecule has 0 aliphatic heterocycles. The van der Waals surface area contributed by atoms with Crippen molar-refractivity contribution in [3.05, 3.63) is 52.6 Å². The van der Waals surface area contributed by atoms with Gasteiger partial charge in [0.15, 0.2) is 17.8 Å². The highest BCUT2D eigenvalue weighted by Crippen LogP contribution is 2.43. The number of rotatable bonds is 13. The standard InChI is InChI=1S/C26H38F4O5S/c1-25(2,3)15-20(26(4,5)6)18-9-11-19(12-10-18)35-14-8-13-34-17-22(29)23(30)24(21(28)16-27)36(31,32)33-7/h9-12,17,20-21H,8,13-16H2,1-7H3. The summed E-state index contributed by atoms with van der Waals surface area (Å²) in [6.45, 7) is 11.6. The van der Waals surface area contributed by atoms with Gasteiger partial charge in [-0.1, -0.05) is 53.7 Å². The number of halogens is 4. The third-order valence-electron chi connectivity index (χ3n) is 5.34. The van der Waals surface area contributed by atoms with E-state index in [0.29, 0.717) is 31.5 Å². The molecule has 0 fully saturated rings. The molecule has 1 rings (SSSR count). The van der Waals surface area contributed by atoms with Gasteiger partial charge in [0.05, 0.1) is 20.3 Å². The predicted molar refractivity (Wildman–Crippen MR) is 133 cm³/mol. The zero-order valence-corrected chi connectivity index (χ0v) is 22.9. The summed E-state index contributed by atoms with van der Waals surface area (Å²) in [4.78, 5) is -1.77. The SMILES string of the molecule is COS(=O)(=O)C(=C(F)C(F)=COCCCOc1ccc(C(CC(C)(C)C)C(C)(C)C)cc1)C(F)CF. The van der Waals surface area contributed by atoms with Crippen LogP contribution in [0.4, 0.5) is 17.6 Å². The largest absolute Gasteiger partial charge is 0.498 e. The lowest BCUT2D eigenvalue weighted by molar-refractivity contribution is 0.202. The van der Waals surface area contributed by atoms with E-state index in [9.17, 15) is 26.0 Å². The van der Waals surface area contributed by atoms with Crippen LogP contribution in [0.5, 0.6) is 5.75 Å². The second-order valence-electron chi connectivity index (χ2n) is 10.7. The van der Waals surface area contributed by atoms with Gasteiger partial charge in [0.2, 0.25) is 0 Å². The zero-order valence-electron chi connectivity index (χ0n) is 22.0. The van der Waals surface area contributed by atoms with E-state index in [-0.39, 0.29) is 24.0 Å². The Hall–Kier alpha value is -2.07. The van der Waals surface area contributed by atoms with Gasteiger partial charge in [0.1, 0.15) is 23.6 Å². The molecule has 206 valence electrons. The van der Waals surface area contributed by atoms with Crippen LogP contribution < -0.4 is 4.74 Å². The van der Waals surface area contributed by atoms with Gasteiger partial charge in [-0.15, -0.1) is 0 Å². The molecule has 0 amide bonds. The quantitative estimate of drug-likeness (QED) is 0.0866. The maximum Gasteiger partial charge on any atom is 0.298 e. The fraction of sp³-hybridized carbons (Fsp3) is 0.615. The van der Waals surface area contributed by atoms with Crippen LogP contribution in [-0.4, -0.2) is 41.6 Å². The van der Waals surface area contributed by atoms with Crippen molar-refractivity contribution >= 4 is 10.1 Å². The molecule has 0 saturated heterocycles. The number of ether oxygens (including phenoxy) is 2. The van der Waals surface area contributed by atoms with Crippen molar-refractivity contribution in [2.24, 2.45) is 10.8 Å². The lowest BCUT2D eigenvalue weighted by Gasteiger charge is -2.36. The summed E-state index contributed by atoms with van der Waals surface area (Å²) in [7, 11) is -4.36. The van der Waals surface area contributed by atoms with Crippen molar-refractivity contribution in [3.63, 3.8) is 0 Å². The van der Waals surface area contributed by atoms with Crippen LogP contribution in [0.25, 0.3) is 0 Å². The molecule has 0 N–H and O–H groups in total. The Labute approximate surface area is 212 Å². The molecular weight excluding hydrogens is 500 g/mol. The van der Waals surface area contributed by atoms with Gasteiger partial charge in [-0.3, -0.25) is 4.18 Å². The summed E-state index contributed by atoms with van der Waals surface area (Å²) in [6.07, 6.45) is -1.29. The molecular formula is C26H38F4O5S. The van der Waals surface area contributed by atoms with E-state index in [4.69, 9.17) is 9.47 Å². The van der Waals surface area contributed by atoms with E-state index in [2.05, 4.69) is 45.7 Å². The first kappa shape index (κ1) is 32.0. The molecule has 0 heterocycles. The average Bonchev–Trinajstić information content (AvgIpc) is 2.78. The number of benzene rings is 1. The van der Waals surface area contributed by atoms with Crippen LogP contribution in [0.1, 0.15) is 65.9 Å². The molecule has 1 aromatic rings. The van der Waals surface area contributed by atoms with Gasteiger partial charge in [-0.2, -0.15) is 8.42 Å². The van der Waals surface area contributed by atoms with E-state index in [0.717, 1.165) is 6.42 Å². The zero-order chi connectivity index (χ0) is 27.7.